The summed E-state index contributed by atoms with van der Waals surface area (Å²) in [5, 5.41) is 0. The number of hydrogen-bond donors (Lipinski definition) is 1. The molecule has 4 rings (SSSR count). The number of nitrogens with zero attached hydrogens (tertiary/aromatic N) is 2. The molecule has 3 heterocycles. The first kappa shape index (κ1) is 16.5. The highest BCUT2D eigenvalue weighted by molar-refractivity contribution is 5.91. The first-order valence-electron chi connectivity index (χ1n) is 8.37. The average molecular weight is 357 g/mol. The van der Waals surface area contributed by atoms with Crippen molar-refractivity contribution in [2.45, 2.75) is 6.10 Å². The molecule has 1 saturated heterocycles. The van der Waals surface area contributed by atoms with Gasteiger partial charge in [0.2, 0.25) is 12.7 Å². The minimum absolute atomic E-state index is 0.0593. The van der Waals surface area contributed by atoms with Gasteiger partial charge in [0.1, 0.15) is 18.5 Å². The molecule has 8 heteroatoms. The van der Waals surface area contributed by atoms with E-state index in [0.29, 0.717) is 43.6 Å². The Morgan fingerprint density at radius 3 is 3.19 bits per heavy atom. The number of nitrogens with one attached hydrogen (secondary N) is 1. The summed E-state index contributed by atoms with van der Waals surface area (Å²) in [6.45, 7) is 2.11. The Bertz CT molecular complexity index is 790. The van der Waals surface area contributed by atoms with E-state index in [1.807, 2.05) is 12.1 Å². The summed E-state index contributed by atoms with van der Waals surface area (Å²) in [6.07, 6.45) is 6.30. The molecule has 2 aliphatic heterocycles. The molecule has 1 fully saturated rings. The van der Waals surface area contributed by atoms with E-state index in [1.54, 1.807) is 29.6 Å². The Morgan fingerprint density at radius 1 is 1.38 bits per heavy atom. The lowest BCUT2D eigenvalue weighted by Gasteiger charge is -2.32. The van der Waals surface area contributed by atoms with Crippen LogP contribution in [-0.4, -0.2) is 60.0 Å². The molecule has 1 aromatic heterocycles. The number of carbonyl (C=O) groups excluding carboxylic acids is 1. The van der Waals surface area contributed by atoms with E-state index in [2.05, 4.69) is 9.97 Å². The predicted molar refractivity (Wildman–Crippen MR) is 92.0 cm³/mol. The second kappa shape index (κ2) is 7.49. The van der Waals surface area contributed by atoms with E-state index < -0.39 is 0 Å². The number of ether oxygens (including phenoxy) is 4. The van der Waals surface area contributed by atoms with Crippen LogP contribution >= 0.6 is 0 Å². The number of H-pyrrole nitrogens is 1. The van der Waals surface area contributed by atoms with Crippen molar-refractivity contribution >= 4 is 12.0 Å². The predicted octanol–water partition coefficient (Wildman–Crippen LogP) is 1.46. The van der Waals surface area contributed by atoms with Gasteiger partial charge in [0.15, 0.2) is 11.5 Å². The zero-order chi connectivity index (χ0) is 17.8. The molecule has 26 heavy (non-hydrogen) atoms. The number of carbonyl (C=O) groups is 1. The molecule has 1 N–H and O–H groups in total. The van der Waals surface area contributed by atoms with Crippen molar-refractivity contribution in [3.63, 3.8) is 0 Å². The van der Waals surface area contributed by atoms with Crippen LogP contribution in [0.5, 0.6) is 17.2 Å². The first-order valence-corrected chi connectivity index (χ1v) is 8.37. The summed E-state index contributed by atoms with van der Waals surface area (Å²) in [6, 6.07) is 5.43. The van der Waals surface area contributed by atoms with Gasteiger partial charge in [-0.2, -0.15) is 0 Å². The van der Waals surface area contributed by atoms with Gasteiger partial charge in [0.25, 0.3) is 0 Å². The number of aromatic amines is 1. The van der Waals surface area contributed by atoms with Gasteiger partial charge >= 0.3 is 0 Å². The van der Waals surface area contributed by atoms with Crippen LogP contribution in [0.3, 0.4) is 0 Å². The Kier molecular flexibility index (Phi) is 4.74. The van der Waals surface area contributed by atoms with E-state index in [4.69, 9.17) is 18.9 Å². The molecule has 1 aromatic carbocycles. The van der Waals surface area contributed by atoms with E-state index >= 15 is 0 Å². The smallest absolute Gasteiger partial charge is 0.246 e. The summed E-state index contributed by atoms with van der Waals surface area (Å²) in [5.41, 5.74) is 0.786. The second-order valence-electron chi connectivity index (χ2n) is 5.94. The van der Waals surface area contributed by atoms with Crippen LogP contribution in [0.4, 0.5) is 0 Å². The molecule has 1 atom stereocenters. The number of imidazole rings is 1. The van der Waals surface area contributed by atoms with Crippen molar-refractivity contribution in [2.75, 3.05) is 33.1 Å². The van der Waals surface area contributed by atoms with Crippen LogP contribution in [0.25, 0.3) is 6.08 Å². The van der Waals surface area contributed by atoms with E-state index in [9.17, 15) is 4.79 Å². The fraction of sp³-hybridized carbons (Fsp3) is 0.333. The molecule has 0 bridgehead atoms. The Morgan fingerprint density at radius 2 is 2.31 bits per heavy atom. The van der Waals surface area contributed by atoms with Crippen molar-refractivity contribution in [1.29, 1.82) is 0 Å². The highest BCUT2D eigenvalue weighted by Crippen LogP contribution is 2.35. The third-order valence-electron chi connectivity index (χ3n) is 4.16. The number of benzene rings is 1. The first-order chi connectivity index (χ1) is 12.8. The van der Waals surface area contributed by atoms with Gasteiger partial charge in [0, 0.05) is 18.7 Å². The maximum atomic E-state index is 12.3. The van der Waals surface area contributed by atoms with Gasteiger partial charge in [0.05, 0.1) is 31.4 Å². The van der Waals surface area contributed by atoms with Crippen LogP contribution in [-0.2, 0) is 9.53 Å². The average Bonchev–Trinajstić information content (AvgIpc) is 3.35. The largest absolute Gasteiger partial charge is 0.491 e. The molecule has 0 radical (unpaired) electrons. The molecule has 2 aromatic rings. The molecule has 0 aliphatic carbocycles. The van der Waals surface area contributed by atoms with Gasteiger partial charge < -0.3 is 28.8 Å². The zero-order valence-corrected chi connectivity index (χ0v) is 14.1. The molecule has 2 aliphatic rings. The molecule has 1 amide bonds. The highest BCUT2D eigenvalue weighted by Gasteiger charge is 2.24. The van der Waals surface area contributed by atoms with Crippen LogP contribution in [0, 0.1) is 0 Å². The molecule has 136 valence electrons. The molecule has 8 nitrogen and oxygen atoms in total. The summed E-state index contributed by atoms with van der Waals surface area (Å²) in [4.78, 5) is 20.9. The van der Waals surface area contributed by atoms with Crippen molar-refractivity contribution < 1.29 is 23.7 Å². The standard InChI is InChI=1S/C18H19N3O5/c22-18(4-1-13-8-19-11-20-13)21-5-6-23-15(9-21)10-24-14-2-3-16-17(7-14)26-12-25-16/h1-4,7-8,11,15H,5-6,9-10,12H2,(H,19,20)/b4-1+. The van der Waals surface area contributed by atoms with Gasteiger partial charge in [-0.3, -0.25) is 4.79 Å². The van der Waals surface area contributed by atoms with E-state index in [1.165, 1.54) is 6.08 Å². The quantitative estimate of drug-likeness (QED) is 0.816. The maximum Gasteiger partial charge on any atom is 0.246 e. The molecule has 0 saturated carbocycles. The summed E-state index contributed by atoms with van der Waals surface area (Å²) < 4.78 is 22.1. The van der Waals surface area contributed by atoms with Crippen LogP contribution in [0.2, 0.25) is 0 Å². The van der Waals surface area contributed by atoms with Crippen molar-refractivity contribution in [2.24, 2.45) is 0 Å². The number of aromatic nitrogens is 2. The maximum absolute atomic E-state index is 12.3. The lowest BCUT2D eigenvalue weighted by Crippen LogP contribution is -2.47. The van der Waals surface area contributed by atoms with Gasteiger partial charge in [-0.15, -0.1) is 0 Å². The Hall–Kier alpha value is -3.00. The Labute approximate surface area is 150 Å². The molecule has 1 unspecified atom stereocenters. The van der Waals surface area contributed by atoms with Gasteiger partial charge in [-0.05, 0) is 18.2 Å². The fourth-order valence-electron chi connectivity index (χ4n) is 2.80. The third kappa shape index (κ3) is 3.80. The SMILES string of the molecule is O=C(/C=C/c1cnc[nH]1)N1CCOC(COc2ccc3c(c2)OCO3)C1. The number of morpholine rings is 1. The van der Waals surface area contributed by atoms with E-state index in [-0.39, 0.29) is 18.8 Å². The van der Waals surface area contributed by atoms with Crippen molar-refractivity contribution in [3.8, 4) is 17.2 Å². The number of hydrogen-bond acceptors (Lipinski definition) is 6. The van der Waals surface area contributed by atoms with Gasteiger partial charge in [-0.1, -0.05) is 0 Å². The lowest BCUT2D eigenvalue weighted by molar-refractivity contribution is -0.134. The zero-order valence-electron chi connectivity index (χ0n) is 14.1. The van der Waals surface area contributed by atoms with E-state index in [0.717, 1.165) is 5.69 Å². The Balaban J connectivity index is 1.30. The minimum atomic E-state index is -0.182. The summed E-state index contributed by atoms with van der Waals surface area (Å²) in [5.74, 6) is 2.01. The molecule has 0 spiro atoms. The van der Waals surface area contributed by atoms with Gasteiger partial charge in [-0.25, -0.2) is 4.98 Å². The van der Waals surface area contributed by atoms with Crippen LogP contribution < -0.4 is 14.2 Å². The molecular weight excluding hydrogens is 338 g/mol. The number of rotatable bonds is 5. The van der Waals surface area contributed by atoms with Crippen LogP contribution in [0.15, 0.2) is 36.8 Å². The normalized spacial score (nSPS) is 19.1. The number of amides is 1. The van der Waals surface area contributed by atoms with Crippen molar-refractivity contribution in [3.05, 3.63) is 42.5 Å². The minimum Gasteiger partial charge on any atom is -0.491 e. The second-order valence-corrected chi connectivity index (χ2v) is 5.94. The molecular formula is C18H19N3O5. The summed E-state index contributed by atoms with van der Waals surface area (Å²) >= 11 is 0. The summed E-state index contributed by atoms with van der Waals surface area (Å²) in [7, 11) is 0. The highest BCUT2D eigenvalue weighted by atomic mass is 16.7. The van der Waals surface area contributed by atoms with Crippen LogP contribution in [0.1, 0.15) is 5.69 Å². The van der Waals surface area contributed by atoms with Crippen molar-refractivity contribution in [1.82, 2.24) is 14.9 Å². The topological polar surface area (TPSA) is 85.9 Å². The number of fused-ring (bicyclic) bond motifs is 1. The monoisotopic (exact) mass is 357 g/mol. The third-order valence-corrected chi connectivity index (χ3v) is 4.16. The fourth-order valence-corrected chi connectivity index (χ4v) is 2.80. The lowest BCUT2D eigenvalue weighted by atomic mass is 10.2.